The van der Waals surface area contributed by atoms with Crippen LogP contribution < -0.4 is 0 Å². The first kappa shape index (κ1) is 22.3. The van der Waals surface area contributed by atoms with Crippen molar-refractivity contribution in [3.05, 3.63) is 0 Å². The van der Waals surface area contributed by atoms with E-state index < -0.39 is 17.9 Å². The molecule has 0 aromatic carbocycles. The van der Waals surface area contributed by atoms with Crippen molar-refractivity contribution in [1.29, 1.82) is 0 Å². The molecule has 0 aliphatic carbocycles. The molecule has 0 amide bonds. The summed E-state index contributed by atoms with van der Waals surface area (Å²) >= 11 is 0. The molecule has 0 bridgehead atoms. The van der Waals surface area contributed by atoms with Crippen molar-refractivity contribution in [1.82, 2.24) is 9.80 Å². The van der Waals surface area contributed by atoms with Crippen LogP contribution in [-0.4, -0.2) is 82.3 Å². The molecule has 0 spiro atoms. The fraction of sp³-hybridized carbons (Fsp3) is 0.812. The molecule has 3 N–H and O–H groups in total. The second kappa shape index (κ2) is 13.7. The van der Waals surface area contributed by atoms with Gasteiger partial charge in [0.2, 0.25) is 0 Å². The zero-order chi connectivity index (χ0) is 18.4. The van der Waals surface area contributed by atoms with Gasteiger partial charge in [-0.15, -0.1) is 0 Å². The number of nitrogens with zero attached hydrogens (tertiary/aromatic N) is 2. The molecule has 0 saturated heterocycles. The Morgan fingerprint density at radius 1 is 0.625 bits per heavy atom. The van der Waals surface area contributed by atoms with Crippen LogP contribution in [0.3, 0.4) is 0 Å². The van der Waals surface area contributed by atoms with E-state index >= 15 is 0 Å². The second-order valence-corrected chi connectivity index (χ2v) is 5.94. The summed E-state index contributed by atoms with van der Waals surface area (Å²) in [5, 5.41) is 26.6. The van der Waals surface area contributed by atoms with E-state index in [9.17, 15) is 14.4 Å². The van der Waals surface area contributed by atoms with E-state index in [1.807, 2.05) is 0 Å². The molecule has 24 heavy (non-hydrogen) atoms. The third-order valence-corrected chi connectivity index (χ3v) is 3.64. The summed E-state index contributed by atoms with van der Waals surface area (Å²) < 4.78 is 0. The summed E-state index contributed by atoms with van der Waals surface area (Å²) in [4.78, 5) is 35.5. The molecule has 0 atom stereocenters. The zero-order valence-corrected chi connectivity index (χ0v) is 14.4. The maximum absolute atomic E-state index is 10.9. The molecule has 0 radical (unpaired) electrons. The van der Waals surface area contributed by atoms with Crippen molar-refractivity contribution in [3.63, 3.8) is 0 Å². The van der Waals surface area contributed by atoms with Gasteiger partial charge in [0.15, 0.2) is 0 Å². The molecule has 8 nitrogen and oxygen atoms in total. The van der Waals surface area contributed by atoms with E-state index in [0.717, 1.165) is 19.3 Å². The summed E-state index contributed by atoms with van der Waals surface area (Å²) in [7, 11) is 0. The number of carbonyl (C=O) groups is 3. The SMILES string of the molecule is CCCCCCCCN(CCN(CC(=O)O)CC(=O)O)CC(=O)O. The van der Waals surface area contributed by atoms with E-state index in [4.69, 9.17) is 15.3 Å². The van der Waals surface area contributed by atoms with Crippen LogP contribution in [0, 0.1) is 0 Å². The Balaban J connectivity index is 4.29. The monoisotopic (exact) mass is 346 g/mol. The molecule has 0 aliphatic heterocycles. The highest BCUT2D eigenvalue weighted by atomic mass is 16.4. The summed E-state index contributed by atoms with van der Waals surface area (Å²) in [6.07, 6.45) is 6.60. The third kappa shape index (κ3) is 14.0. The predicted molar refractivity (Wildman–Crippen MR) is 89.2 cm³/mol. The minimum absolute atomic E-state index is 0.122. The highest BCUT2D eigenvalue weighted by Gasteiger charge is 2.16. The van der Waals surface area contributed by atoms with Gasteiger partial charge in [0.1, 0.15) is 0 Å². The van der Waals surface area contributed by atoms with E-state index in [2.05, 4.69) is 6.92 Å². The van der Waals surface area contributed by atoms with Crippen molar-refractivity contribution in [2.75, 3.05) is 39.3 Å². The molecule has 140 valence electrons. The van der Waals surface area contributed by atoms with Crippen LogP contribution in [0.25, 0.3) is 0 Å². The maximum atomic E-state index is 10.9. The molecule has 0 rings (SSSR count). The van der Waals surface area contributed by atoms with Gasteiger partial charge in [0.05, 0.1) is 19.6 Å². The van der Waals surface area contributed by atoms with Crippen molar-refractivity contribution < 1.29 is 29.7 Å². The normalized spacial score (nSPS) is 11.1. The average Bonchev–Trinajstić information content (AvgIpc) is 2.46. The van der Waals surface area contributed by atoms with Crippen molar-refractivity contribution >= 4 is 17.9 Å². The summed E-state index contributed by atoms with van der Waals surface area (Å²) in [6, 6.07) is 0. The first-order valence-corrected chi connectivity index (χ1v) is 8.45. The van der Waals surface area contributed by atoms with E-state index in [1.165, 1.54) is 24.2 Å². The molecule has 8 heteroatoms. The van der Waals surface area contributed by atoms with Gasteiger partial charge >= 0.3 is 17.9 Å². The molecule has 0 fully saturated rings. The van der Waals surface area contributed by atoms with Crippen LogP contribution in [0.2, 0.25) is 0 Å². The zero-order valence-electron chi connectivity index (χ0n) is 14.4. The highest BCUT2D eigenvalue weighted by Crippen LogP contribution is 2.06. The lowest BCUT2D eigenvalue weighted by Crippen LogP contribution is -2.42. The molecule has 0 saturated carbocycles. The number of aliphatic carboxylic acids is 3. The molecule has 0 aromatic rings. The van der Waals surface area contributed by atoms with Crippen LogP contribution in [0.1, 0.15) is 45.4 Å². The van der Waals surface area contributed by atoms with Crippen LogP contribution in [0.5, 0.6) is 0 Å². The Morgan fingerprint density at radius 3 is 1.54 bits per heavy atom. The number of hydrogen-bond acceptors (Lipinski definition) is 5. The number of rotatable bonds is 16. The lowest BCUT2D eigenvalue weighted by molar-refractivity contribution is -0.143. The molecule has 0 heterocycles. The Bertz CT molecular complexity index is 373. The summed E-state index contributed by atoms with van der Waals surface area (Å²) in [6.45, 7) is 2.45. The maximum Gasteiger partial charge on any atom is 0.317 e. The first-order valence-electron chi connectivity index (χ1n) is 8.45. The second-order valence-electron chi connectivity index (χ2n) is 5.94. The lowest BCUT2D eigenvalue weighted by Gasteiger charge is -2.24. The van der Waals surface area contributed by atoms with Crippen molar-refractivity contribution in [2.24, 2.45) is 0 Å². The fourth-order valence-electron chi connectivity index (χ4n) is 2.46. The quantitative estimate of drug-likeness (QED) is 0.357. The van der Waals surface area contributed by atoms with E-state index in [0.29, 0.717) is 13.1 Å². The Morgan fingerprint density at radius 2 is 1.04 bits per heavy atom. The van der Waals surface area contributed by atoms with Gasteiger partial charge in [-0.25, -0.2) is 0 Å². The topological polar surface area (TPSA) is 118 Å². The average molecular weight is 346 g/mol. The van der Waals surface area contributed by atoms with Gasteiger partial charge in [0.25, 0.3) is 0 Å². The number of carboxylic acid groups (broad SMARTS) is 3. The third-order valence-electron chi connectivity index (χ3n) is 3.64. The Hall–Kier alpha value is -1.67. The van der Waals surface area contributed by atoms with Crippen LogP contribution in [0.15, 0.2) is 0 Å². The van der Waals surface area contributed by atoms with Crippen LogP contribution >= 0.6 is 0 Å². The number of carboxylic acids is 3. The number of unbranched alkanes of at least 4 members (excludes halogenated alkanes) is 5. The van der Waals surface area contributed by atoms with E-state index in [-0.39, 0.29) is 26.2 Å². The molecule has 0 aliphatic rings. The van der Waals surface area contributed by atoms with Gasteiger partial charge in [0, 0.05) is 13.1 Å². The van der Waals surface area contributed by atoms with E-state index in [1.54, 1.807) is 4.90 Å². The Kier molecular flexibility index (Phi) is 12.8. The fourth-order valence-corrected chi connectivity index (χ4v) is 2.46. The largest absolute Gasteiger partial charge is 0.480 e. The smallest absolute Gasteiger partial charge is 0.317 e. The lowest BCUT2D eigenvalue weighted by atomic mass is 10.1. The summed E-state index contributed by atoms with van der Waals surface area (Å²) in [5.41, 5.74) is 0. The first-order chi connectivity index (χ1) is 11.3. The molecular formula is C16H30N2O6. The Labute approximate surface area is 143 Å². The molecule has 0 aromatic heterocycles. The summed E-state index contributed by atoms with van der Waals surface area (Å²) in [5.74, 6) is -3.14. The molecular weight excluding hydrogens is 316 g/mol. The number of hydrogen-bond donors (Lipinski definition) is 3. The van der Waals surface area contributed by atoms with Gasteiger partial charge in [-0.1, -0.05) is 39.0 Å². The van der Waals surface area contributed by atoms with Crippen molar-refractivity contribution in [2.45, 2.75) is 45.4 Å². The van der Waals surface area contributed by atoms with Gasteiger partial charge < -0.3 is 15.3 Å². The highest BCUT2D eigenvalue weighted by molar-refractivity contribution is 5.72. The minimum Gasteiger partial charge on any atom is -0.480 e. The minimum atomic E-state index is -1.10. The van der Waals surface area contributed by atoms with Crippen molar-refractivity contribution in [3.8, 4) is 0 Å². The van der Waals surface area contributed by atoms with Crippen LogP contribution in [-0.2, 0) is 14.4 Å². The van der Waals surface area contributed by atoms with Gasteiger partial charge in [-0.05, 0) is 13.0 Å². The predicted octanol–water partition coefficient (Wildman–Crippen LogP) is 1.20. The van der Waals surface area contributed by atoms with Gasteiger partial charge in [-0.2, -0.15) is 0 Å². The van der Waals surface area contributed by atoms with Crippen LogP contribution in [0.4, 0.5) is 0 Å². The standard InChI is InChI=1S/C16H30N2O6/c1-2-3-4-5-6-7-8-17(11-14(19)20)9-10-18(12-15(21)22)13-16(23)24/h2-13H2,1H3,(H,19,20)(H,21,22)(H,23,24). The molecule has 0 unspecified atom stereocenters. The van der Waals surface area contributed by atoms with Gasteiger partial charge in [-0.3, -0.25) is 24.2 Å².